The maximum atomic E-state index is 3.68. The summed E-state index contributed by atoms with van der Waals surface area (Å²) in [5, 5.41) is 4.85. The predicted molar refractivity (Wildman–Crippen MR) is 74.1 cm³/mol. The summed E-state index contributed by atoms with van der Waals surface area (Å²) in [5.41, 5.74) is 0. The lowest BCUT2D eigenvalue weighted by Gasteiger charge is -2.21. The monoisotopic (exact) mass is 287 g/mol. The third kappa shape index (κ3) is 3.73. The second-order valence-electron chi connectivity index (χ2n) is 5.74. The molecular formula is C14H26BrN. The highest BCUT2D eigenvalue weighted by Gasteiger charge is 2.38. The summed E-state index contributed by atoms with van der Waals surface area (Å²) >= 11 is 3.48. The van der Waals surface area contributed by atoms with Crippen LogP contribution in [0.5, 0.6) is 0 Å². The van der Waals surface area contributed by atoms with E-state index in [4.69, 9.17) is 0 Å². The zero-order valence-corrected chi connectivity index (χ0v) is 12.0. The molecule has 2 aliphatic carbocycles. The highest BCUT2D eigenvalue weighted by molar-refractivity contribution is 9.09. The highest BCUT2D eigenvalue weighted by atomic mass is 79.9. The molecule has 2 rings (SSSR count). The molecule has 94 valence electrons. The number of rotatable bonds is 8. The van der Waals surface area contributed by atoms with Gasteiger partial charge >= 0.3 is 0 Å². The minimum Gasteiger partial charge on any atom is -0.316 e. The molecular weight excluding hydrogens is 262 g/mol. The molecule has 3 unspecified atom stereocenters. The standard InChI is InChI=1S/C14H26BrN/c15-7-3-1-2-4-8-16-11-14-10-12-5-6-13(14)9-12/h12-14,16H,1-11H2. The van der Waals surface area contributed by atoms with Crippen molar-refractivity contribution >= 4 is 15.9 Å². The maximum Gasteiger partial charge on any atom is 0.00313 e. The van der Waals surface area contributed by atoms with Crippen LogP contribution in [0.3, 0.4) is 0 Å². The van der Waals surface area contributed by atoms with Gasteiger partial charge in [0.15, 0.2) is 0 Å². The van der Waals surface area contributed by atoms with Crippen LogP contribution in [0.1, 0.15) is 51.4 Å². The van der Waals surface area contributed by atoms with Crippen LogP contribution in [0.25, 0.3) is 0 Å². The van der Waals surface area contributed by atoms with E-state index >= 15 is 0 Å². The average Bonchev–Trinajstić information content (AvgIpc) is 2.90. The molecule has 2 bridgehead atoms. The van der Waals surface area contributed by atoms with Crippen LogP contribution in [0.4, 0.5) is 0 Å². The number of unbranched alkanes of at least 4 members (excludes halogenated alkanes) is 3. The first-order valence-corrected chi connectivity index (χ1v) is 8.29. The zero-order chi connectivity index (χ0) is 11.2. The second-order valence-corrected chi connectivity index (χ2v) is 6.54. The normalized spacial score (nSPS) is 32.4. The summed E-state index contributed by atoms with van der Waals surface area (Å²) in [5.74, 6) is 3.22. The molecule has 16 heavy (non-hydrogen) atoms. The lowest BCUT2D eigenvalue weighted by Crippen LogP contribution is -2.27. The molecule has 1 N–H and O–H groups in total. The Labute approximate surface area is 109 Å². The van der Waals surface area contributed by atoms with Gasteiger partial charge < -0.3 is 5.32 Å². The van der Waals surface area contributed by atoms with Crippen LogP contribution in [-0.2, 0) is 0 Å². The smallest absolute Gasteiger partial charge is 0.00313 e. The summed E-state index contributed by atoms with van der Waals surface area (Å²) in [4.78, 5) is 0. The molecule has 0 aromatic rings. The number of hydrogen-bond acceptors (Lipinski definition) is 1. The van der Waals surface area contributed by atoms with Crippen molar-refractivity contribution in [1.82, 2.24) is 5.32 Å². The van der Waals surface area contributed by atoms with E-state index in [1.54, 1.807) is 6.42 Å². The summed E-state index contributed by atoms with van der Waals surface area (Å²) in [6.45, 7) is 2.55. The Hall–Kier alpha value is 0.440. The molecule has 0 saturated heterocycles. The molecule has 0 aromatic heterocycles. The Bertz CT molecular complexity index is 195. The average molecular weight is 288 g/mol. The van der Waals surface area contributed by atoms with Crippen molar-refractivity contribution in [3.63, 3.8) is 0 Å². The molecule has 0 aliphatic heterocycles. The molecule has 1 nitrogen and oxygen atoms in total. The van der Waals surface area contributed by atoms with E-state index in [0.717, 1.165) is 17.8 Å². The Morgan fingerprint density at radius 1 is 1.00 bits per heavy atom. The predicted octanol–water partition coefficient (Wildman–Crippen LogP) is 3.97. The maximum absolute atomic E-state index is 3.68. The molecule has 2 saturated carbocycles. The van der Waals surface area contributed by atoms with Gasteiger partial charge in [0.1, 0.15) is 0 Å². The van der Waals surface area contributed by atoms with Crippen LogP contribution < -0.4 is 5.32 Å². The lowest BCUT2D eigenvalue weighted by atomic mass is 9.89. The topological polar surface area (TPSA) is 12.0 Å². The lowest BCUT2D eigenvalue weighted by molar-refractivity contribution is 0.318. The first kappa shape index (κ1) is 12.9. The van der Waals surface area contributed by atoms with Gasteiger partial charge in [-0.15, -0.1) is 0 Å². The van der Waals surface area contributed by atoms with E-state index in [2.05, 4.69) is 21.2 Å². The van der Waals surface area contributed by atoms with Crippen LogP contribution in [0, 0.1) is 17.8 Å². The van der Waals surface area contributed by atoms with Crippen molar-refractivity contribution in [1.29, 1.82) is 0 Å². The second kappa shape index (κ2) is 7.00. The van der Waals surface area contributed by atoms with Gasteiger partial charge in [0.2, 0.25) is 0 Å². The Balaban J connectivity index is 1.43. The summed E-state index contributed by atoms with van der Waals surface area (Å²) in [6.07, 6.45) is 11.6. The molecule has 0 radical (unpaired) electrons. The van der Waals surface area contributed by atoms with Crippen LogP contribution in [0.2, 0.25) is 0 Å². The van der Waals surface area contributed by atoms with E-state index in [9.17, 15) is 0 Å². The fourth-order valence-corrected chi connectivity index (χ4v) is 4.01. The molecule has 0 spiro atoms. The fourth-order valence-electron chi connectivity index (χ4n) is 3.61. The zero-order valence-electron chi connectivity index (χ0n) is 10.4. The number of fused-ring (bicyclic) bond motifs is 2. The Kier molecular flexibility index (Phi) is 5.64. The van der Waals surface area contributed by atoms with Crippen LogP contribution in [0.15, 0.2) is 0 Å². The van der Waals surface area contributed by atoms with Gasteiger partial charge in [-0.05, 0) is 62.9 Å². The third-order valence-electron chi connectivity index (χ3n) is 4.53. The number of halogens is 1. The van der Waals surface area contributed by atoms with Gasteiger partial charge in [-0.2, -0.15) is 0 Å². The number of nitrogens with one attached hydrogen (secondary N) is 1. The molecule has 0 amide bonds. The fraction of sp³-hybridized carbons (Fsp3) is 1.00. The van der Waals surface area contributed by atoms with Gasteiger partial charge in [0.05, 0.1) is 0 Å². The van der Waals surface area contributed by atoms with E-state index in [-0.39, 0.29) is 0 Å². The van der Waals surface area contributed by atoms with Gasteiger partial charge in [-0.25, -0.2) is 0 Å². The van der Waals surface area contributed by atoms with Gasteiger partial charge in [-0.1, -0.05) is 35.2 Å². The minimum atomic E-state index is 1.03. The molecule has 2 heteroatoms. The van der Waals surface area contributed by atoms with Gasteiger partial charge in [0.25, 0.3) is 0 Å². The van der Waals surface area contributed by atoms with Crippen molar-refractivity contribution in [2.24, 2.45) is 17.8 Å². The van der Waals surface area contributed by atoms with E-state index in [0.29, 0.717) is 0 Å². The van der Waals surface area contributed by atoms with Gasteiger partial charge in [0, 0.05) is 5.33 Å². The van der Waals surface area contributed by atoms with Gasteiger partial charge in [-0.3, -0.25) is 0 Å². The van der Waals surface area contributed by atoms with Crippen LogP contribution >= 0.6 is 15.9 Å². The summed E-state index contributed by atoms with van der Waals surface area (Å²) < 4.78 is 0. The van der Waals surface area contributed by atoms with Crippen molar-refractivity contribution in [3.05, 3.63) is 0 Å². The highest BCUT2D eigenvalue weighted by Crippen LogP contribution is 2.47. The first-order valence-electron chi connectivity index (χ1n) is 7.17. The first-order chi connectivity index (χ1) is 7.90. The van der Waals surface area contributed by atoms with E-state index in [1.165, 1.54) is 63.4 Å². The van der Waals surface area contributed by atoms with Crippen molar-refractivity contribution in [3.8, 4) is 0 Å². The van der Waals surface area contributed by atoms with Crippen molar-refractivity contribution < 1.29 is 0 Å². The van der Waals surface area contributed by atoms with Crippen molar-refractivity contribution in [2.45, 2.75) is 51.4 Å². The SMILES string of the molecule is BrCCCCCCNCC1CC2CCC1C2. The molecule has 0 heterocycles. The minimum absolute atomic E-state index is 1.03. The third-order valence-corrected chi connectivity index (χ3v) is 5.09. The molecule has 2 fully saturated rings. The van der Waals surface area contributed by atoms with Crippen molar-refractivity contribution in [2.75, 3.05) is 18.4 Å². The van der Waals surface area contributed by atoms with E-state index < -0.39 is 0 Å². The quantitative estimate of drug-likeness (QED) is 0.526. The van der Waals surface area contributed by atoms with Crippen LogP contribution in [-0.4, -0.2) is 18.4 Å². The van der Waals surface area contributed by atoms with E-state index in [1.807, 2.05) is 0 Å². The summed E-state index contributed by atoms with van der Waals surface area (Å²) in [6, 6.07) is 0. The Morgan fingerprint density at radius 2 is 1.88 bits per heavy atom. The number of hydrogen-bond donors (Lipinski definition) is 1. The molecule has 2 aliphatic rings. The largest absolute Gasteiger partial charge is 0.316 e. The summed E-state index contributed by atoms with van der Waals surface area (Å²) in [7, 11) is 0. The molecule has 3 atom stereocenters. The molecule has 0 aromatic carbocycles. The number of alkyl halides is 1. The Morgan fingerprint density at radius 3 is 2.56 bits per heavy atom.